The number of ether oxygens (including phenoxy) is 1. The van der Waals surface area contributed by atoms with E-state index in [2.05, 4.69) is 16.7 Å². The third-order valence-electron chi connectivity index (χ3n) is 4.08. The molecule has 0 saturated heterocycles. The van der Waals surface area contributed by atoms with E-state index in [0.29, 0.717) is 19.1 Å². The minimum absolute atomic E-state index is 0.0700. The molecule has 1 saturated carbocycles. The minimum Gasteiger partial charge on any atom is -0.374 e. The average molecular weight is 304 g/mol. The number of hydrogen-bond acceptors (Lipinski definition) is 3. The van der Waals surface area contributed by atoms with Crippen molar-refractivity contribution in [2.75, 3.05) is 18.9 Å². The van der Waals surface area contributed by atoms with E-state index in [1.807, 2.05) is 25.2 Å². The molecule has 0 atom stereocenters. The molecule has 1 aliphatic carbocycles. The molecule has 2 rings (SSSR count). The maximum Gasteiger partial charge on any atom is 0.224 e. The van der Waals surface area contributed by atoms with E-state index in [0.717, 1.165) is 24.2 Å². The Bertz CT molecular complexity index is 456. The summed E-state index contributed by atoms with van der Waals surface area (Å²) in [6, 6.07) is 7.97. The maximum absolute atomic E-state index is 11.8. The van der Waals surface area contributed by atoms with E-state index in [1.54, 1.807) is 0 Å². The van der Waals surface area contributed by atoms with Crippen LogP contribution in [0.3, 0.4) is 0 Å². The van der Waals surface area contributed by atoms with Gasteiger partial charge in [0.2, 0.25) is 5.91 Å². The van der Waals surface area contributed by atoms with Crippen LogP contribution in [0.4, 0.5) is 5.69 Å². The number of carbonyl (C=O) groups excluding carboxylic acids is 1. The van der Waals surface area contributed by atoms with Crippen LogP contribution in [0, 0.1) is 0 Å². The molecular formula is C18H28N2O2. The van der Waals surface area contributed by atoms with Crippen molar-refractivity contribution in [3.63, 3.8) is 0 Å². The summed E-state index contributed by atoms with van der Waals surface area (Å²) in [5, 5.41) is 6.00. The van der Waals surface area contributed by atoms with Crippen molar-refractivity contribution in [2.45, 2.75) is 57.7 Å². The second-order valence-electron chi connectivity index (χ2n) is 6.03. The Kier molecular flexibility index (Phi) is 7.40. The van der Waals surface area contributed by atoms with Crippen LogP contribution in [0.5, 0.6) is 0 Å². The van der Waals surface area contributed by atoms with Crippen LogP contribution in [0.1, 0.15) is 50.5 Å². The second kappa shape index (κ2) is 9.59. The summed E-state index contributed by atoms with van der Waals surface area (Å²) < 4.78 is 5.99. The van der Waals surface area contributed by atoms with Gasteiger partial charge in [0, 0.05) is 12.1 Å². The minimum atomic E-state index is 0.0700. The van der Waals surface area contributed by atoms with Gasteiger partial charge in [0.25, 0.3) is 0 Å². The van der Waals surface area contributed by atoms with E-state index in [4.69, 9.17) is 4.74 Å². The van der Waals surface area contributed by atoms with Gasteiger partial charge >= 0.3 is 0 Å². The molecule has 0 aromatic heterocycles. The van der Waals surface area contributed by atoms with Gasteiger partial charge in [-0.15, -0.1) is 0 Å². The smallest absolute Gasteiger partial charge is 0.224 e. The highest BCUT2D eigenvalue weighted by atomic mass is 16.5. The molecule has 1 aliphatic rings. The van der Waals surface area contributed by atoms with E-state index in [9.17, 15) is 4.79 Å². The van der Waals surface area contributed by atoms with Gasteiger partial charge in [-0.3, -0.25) is 4.79 Å². The van der Waals surface area contributed by atoms with Gasteiger partial charge < -0.3 is 15.4 Å². The lowest BCUT2D eigenvalue weighted by Gasteiger charge is -2.22. The summed E-state index contributed by atoms with van der Waals surface area (Å²) >= 11 is 0. The van der Waals surface area contributed by atoms with Crippen LogP contribution in [0.15, 0.2) is 24.3 Å². The normalized spacial score (nSPS) is 15.7. The molecule has 0 heterocycles. The van der Waals surface area contributed by atoms with Crippen molar-refractivity contribution in [1.29, 1.82) is 0 Å². The summed E-state index contributed by atoms with van der Waals surface area (Å²) in [5.74, 6) is 0.0700. The molecule has 4 heteroatoms. The first-order valence-electron chi connectivity index (χ1n) is 8.43. The van der Waals surface area contributed by atoms with E-state index in [-0.39, 0.29) is 5.91 Å². The lowest BCUT2D eigenvalue weighted by molar-refractivity contribution is -0.116. The van der Waals surface area contributed by atoms with E-state index in [1.165, 1.54) is 32.1 Å². The number of amides is 1. The summed E-state index contributed by atoms with van der Waals surface area (Å²) in [6.45, 7) is 1.50. The van der Waals surface area contributed by atoms with E-state index < -0.39 is 0 Å². The number of anilines is 1. The van der Waals surface area contributed by atoms with Crippen LogP contribution in [0.2, 0.25) is 0 Å². The number of nitrogens with one attached hydrogen (secondary N) is 2. The lowest BCUT2D eigenvalue weighted by Crippen LogP contribution is -2.17. The molecule has 122 valence electrons. The highest BCUT2D eigenvalue weighted by Gasteiger charge is 2.13. The quantitative estimate of drug-likeness (QED) is 0.723. The molecule has 22 heavy (non-hydrogen) atoms. The van der Waals surface area contributed by atoms with Gasteiger partial charge in [0.1, 0.15) is 0 Å². The van der Waals surface area contributed by atoms with E-state index >= 15 is 0 Å². The molecule has 0 radical (unpaired) electrons. The topological polar surface area (TPSA) is 50.4 Å². The molecule has 1 aromatic rings. The van der Waals surface area contributed by atoms with Gasteiger partial charge in [-0.2, -0.15) is 0 Å². The molecule has 0 bridgehead atoms. The van der Waals surface area contributed by atoms with Crippen molar-refractivity contribution in [1.82, 2.24) is 5.32 Å². The fourth-order valence-corrected chi connectivity index (χ4v) is 2.83. The van der Waals surface area contributed by atoms with Gasteiger partial charge in [-0.05, 0) is 50.6 Å². The first kappa shape index (κ1) is 17.0. The lowest BCUT2D eigenvalue weighted by atomic mass is 9.98. The Morgan fingerprint density at radius 2 is 2.09 bits per heavy atom. The Morgan fingerprint density at radius 3 is 2.86 bits per heavy atom. The maximum atomic E-state index is 11.8. The monoisotopic (exact) mass is 304 g/mol. The molecule has 1 amide bonds. The van der Waals surface area contributed by atoms with Gasteiger partial charge in [0.05, 0.1) is 12.7 Å². The number of rotatable bonds is 8. The van der Waals surface area contributed by atoms with Gasteiger partial charge in [-0.1, -0.05) is 31.4 Å². The molecule has 1 fully saturated rings. The molecular weight excluding hydrogens is 276 g/mol. The third kappa shape index (κ3) is 6.16. The molecule has 0 spiro atoms. The fourth-order valence-electron chi connectivity index (χ4n) is 2.83. The zero-order valence-electron chi connectivity index (χ0n) is 13.6. The van der Waals surface area contributed by atoms with Crippen molar-refractivity contribution in [2.24, 2.45) is 0 Å². The Hall–Kier alpha value is -1.39. The highest BCUT2D eigenvalue weighted by Crippen LogP contribution is 2.22. The molecule has 0 unspecified atom stereocenters. The van der Waals surface area contributed by atoms with Gasteiger partial charge in [-0.25, -0.2) is 0 Å². The molecule has 4 nitrogen and oxygen atoms in total. The average Bonchev–Trinajstić information content (AvgIpc) is 2.54. The van der Waals surface area contributed by atoms with Crippen LogP contribution in [0.25, 0.3) is 0 Å². The number of hydrogen-bond donors (Lipinski definition) is 2. The summed E-state index contributed by atoms with van der Waals surface area (Å²) in [4.78, 5) is 11.8. The highest BCUT2D eigenvalue weighted by molar-refractivity contribution is 5.90. The Morgan fingerprint density at radius 1 is 1.27 bits per heavy atom. The number of benzene rings is 1. The first-order chi connectivity index (χ1) is 10.8. The standard InChI is InChI=1S/C18H28N2O2/c1-19-12-6-11-18(21)20-16-8-5-7-15(13-16)14-22-17-9-3-2-4-10-17/h5,7-8,13,17,19H,2-4,6,9-12,14H2,1H3,(H,20,21). The zero-order valence-corrected chi connectivity index (χ0v) is 13.6. The van der Waals surface area contributed by atoms with Crippen molar-refractivity contribution in [3.8, 4) is 0 Å². The summed E-state index contributed by atoms with van der Waals surface area (Å²) in [6.07, 6.45) is 8.09. The summed E-state index contributed by atoms with van der Waals surface area (Å²) in [7, 11) is 1.90. The van der Waals surface area contributed by atoms with Crippen LogP contribution in [-0.2, 0) is 16.1 Å². The van der Waals surface area contributed by atoms with Gasteiger partial charge in [0.15, 0.2) is 0 Å². The fraction of sp³-hybridized carbons (Fsp3) is 0.611. The predicted octanol–water partition coefficient (Wildman–Crippen LogP) is 3.47. The zero-order chi connectivity index (χ0) is 15.6. The third-order valence-corrected chi connectivity index (χ3v) is 4.08. The van der Waals surface area contributed by atoms with Crippen molar-refractivity contribution >= 4 is 11.6 Å². The largest absolute Gasteiger partial charge is 0.374 e. The molecule has 0 aliphatic heterocycles. The first-order valence-corrected chi connectivity index (χ1v) is 8.43. The Balaban J connectivity index is 1.77. The molecule has 1 aromatic carbocycles. The van der Waals surface area contributed by atoms with Crippen molar-refractivity contribution < 1.29 is 9.53 Å². The predicted molar refractivity (Wildman–Crippen MR) is 89.9 cm³/mol. The Labute approximate surface area is 133 Å². The molecule has 2 N–H and O–H groups in total. The van der Waals surface area contributed by atoms with Crippen molar-refractivity contribution in [3.05, 3.63) is 29.8 Å². The van der Waals surface area contributed by atoms with Crippen LogP contribution < -0.4 is 10.6 Å². The second-order valence-corrected chi connectivity index (χ2v) is 6.03. The summed E-state index contributed by atoms with van der Waals surface area (Å²) in [5.41, 5.74) is 1.98. The number of carbonyl (C=O) groups is 1. The van der Waals surface area contributed by atoms with Crippen LogP contribution >= 0.6 is 0 Å². The van der Waals surface area contributed by atoms with Crippen LogP contribution in [-0.4, -0.2) is 25.6 Å². The SMILES string of the molecule is CNCCCC(=O)Nc1cccc(COC2CCCCC2)c1.